The van der Waals surface area contributed by atoms with E-state index in [1.165, 1.54) is 49.7 Å². The van der Waals surface area contributed by atoms with Crippen molar-refractivity contribution in [3.05, 3.63) is 35.4 Å². The Hall–Kier alpha value is -0.820. The molecule has 0 radical (unpaired) electrons. The third-order valence-corrected chi connectivity index (χ3v) is 4.16. The molecule has 114 valence electrons. The van der Waals surface area contributed by atoms with E-state index >= 15 is 0 Å². The predicted molar refractivity (Wildman–Crippen MR) is 90.3 cm³/mol. The van der Waals surface area contributed by atoms with Crippen molar-refractivity contribution in [1.82, 2.24) is 5.32 Å². The maximum Gasteiger partial charge on any atom is -0.00439 e. The van der Waals surface area contributed by atoms with Gasteiger partial charge in [0.15, 0.2) is 0 Å². The molecule has 1 aromatic rings. The molecule has 0 fully saturated rings. The van der Waals surface area contributed by atoms with Crippen LogP contribution in [0.5, 0.6) is 0 Å². The van der Waals surface area contributed by atoms with Crippen LogP contribution in [0.25, 0.3) is 0 Å². The van der Waals surface area contributed by atoms with Crippen LogP contribution in [-0.2, 0) is 12.8 Å². The van der Waals surface area contributed by atoms with Crippen LogP contribution in [-0.4, -0.2) is 13.1 Å². The Balaban J connectivity index is 2.36. The first-order valence-corrected chi connectivity index (χ1v) is 8.36. The van der Waals surface area contributed by atoms with Crippen LogP contribution in [0.15, 0.2) is 24.3 Å². The van der Waals surface area contributed by atoms with Gasteiger partial charge in [-0.2, -0.15) is 0 Å². The fraction of sp³-hybridized carbons (Fsp3) is 0.684. The second kappa shape index (κ2) is 9.18. The van der Waals surface area contributed by atoms with Crippen molar-refractivity contribution in [1.29, 1.82) is 0 Å². The van der Waals surface area contributed by atoms with Gasteiger partial charge in [0, 0.05) is 0 Å². The van der Waals surface area contributed by atoms with Crippen LogP contribution in [0.1, 0.15) is 64.5 Å². The molecule has 0 amide bonds. The lowest BCUT2D eigenvalue weighted by molar-refractivity contribution is 0.303. The average molecular weight is 275 g/mol. The minimum atomic E-state index is 0.434. The molecule has 0 aliphatic carbocycles. The molecular formula is C19H33N. The monoisotopic (exact) mass is 275 g/mol. The van der Waals surface area contributed by atoms with Gasteiger partial charge in [-0.05, 0) is 61.7 Å². The number of hydrogen-bond donors (Lipinski definition) is 1. The summed E-state index contributed by atoms with van der Waals surface area (Å²) in [6.45, 7) is 11.4. The van der Waals surface area contributed by atoms with Crippen molar-refractivity contribution in [2.24, 2.45) is 5.41 Å². The van der Waals surface area contributed by atoms with Crippen LogP contribution in [0.3, 0.4) is 0 Å². The average Bonchev–Trinajstić information content (AvgIpc) is 2.44. The van der Waals surface area contributed by atoms with Gasteiger partial charge in [0.1, 0.15) is 0 Å². The first-order chi connectivity index (χ1) is 9.57. The molecule has 1 heteroatoms. The number of nitrogens with one attached hydrogen (secondary N) is 1. The zero-order chi connectivity index (χ0) is 14.8. The topological polar surface area (TPSA) is 12.0 Å². The van der Waals surface area contributed by atoms with E-state index in [2.05, 4.69) is 57.3 Å². The maximum absolute atomic E-state index is 3.43. The molecule has 0 aliphatic heterocycles. The van der Waals surface area contributed by atoms with Crippen molar-refractivity contribution in [2.45, 2.75) is 66.2 Å². The highest BCUT2D eigenvalue weighted by Gasteiger charge is 2.16. The molecule has 1 rings (SSSR count). The molecule has 0 aliphatic rings. The summed E-state index contributed by atoms with van der Waals surface area (Å²) in [6, 6.07) is 9.28. The van der Waals surface area contributed by atoms with Gasteiger partial charge in [-0.25, -0.2) is 0 Å². The summed E-state index contributed by atoms with van der Waals surface area (Å²) >= 11 is 0. The van der Waals surface area contributed by atoms with E-state index in [9.17, 15) is 0 Å². The van der Waals surface area contributed by atoms with Gasteiger partial charge in [-0.3, -0.25) is 0 Å². The molecule has 20 heavy (non-hydrogen) atoms. The summed E-state index contributed by atoms with van der Waals surface area (Å²) in [5.41, 5.74) is 3.41. The third-order valence-electron chi connectivity index (χ3n) is 4.16. The Bertz CT molecular complexity index is 351. The van der Waals surface area contributed by atoms with Crippen molar-refractivity contribution in [3.8, 4) is 0 Å². The lowest BCUT2D eigenvalue weighted by Gasteiger charge is -2.24. The second-order valence-electron chi connectivity index (χ2n) is 6.69. The lowest BCUT2D eigenvalue weighted by atomic mass is 9.83. The standard InChI is InChI=1S/C19H33N/c1-5-7-8-17-9-11-18(12-10-17)13-14-19(3,4)15-16-20-6-2/h9-12,20H,5-8,13-16H2,1-4H3. The molecule has 1 N–H and O–H groups in total. The largest absolute Gasteiger partial charge is 0.317 e. The number of benzene rings is 1. The molecule has 1 aromatic carbocycles. The van der Waals surface area contributed by atoms with Crippen molar-refractivity contribution in [2.75, 3.05) is 13.1 Å². The highest BCUT2D eigenvalue weighted by atomic mass is 14.8. The van der Waals surface area contributed by atoms with Crippen molar-refractivity contribution < 1.29 is 0 Å². The highest BCUT2D eigenvalue weighted by Crippen LogP contribution is 2.26. The van der Waals surface area contributed by atoms with E-state index in [-0.39, 0.29) is 0 Å². The summed E-state index contributed by atoms with van der Waals surface area (Å²) in [4.78, 5) is 0. The van der Waals surface area contributed by atoms with Gasteiger partial charge in [-0.1, -0.05) is 58.4 Å². The summed E-state index contributed by atoms with van der Waals surface area (Å²) in [7, 11) is 0. The molecule has 0 heterocycles. The SMILES string of the molecule is CCCCc1ccc(CCC(C)(C)CCNCC)cc1. The van der Waals surface area contributed by atoms with Gasteiger partial charge >= 0.3 is 0 Å². The molecule has 0 saturated heterocycles. The van der Waals surface area contributed by atoms with Gasteiger partial charge in [-0.15, -0.1) is 0 Å². The van der Waals surface area contributed by atoms with E-state index in [0.29, 0.717) is 5.41 Å². The Morgan fingerprint density at radius 2 is 1.50 bits per heavy atom. The zero-order valence-electron chi connectivity index (χ0n) is 14.0. The summed E-state index contributed by atoms with van der Waals surface area (Å²) in [5.74, 6) is 0. The molecule has 0 bridgehead atoms. The molecule has 0 saturated carbocycles. The van der Waals surface area contributed by atoms with E-state index in [0.717, 1.165) is 13.1 Å². The first-order valence-electron chi connectivity index (χ1n) is 8.36. The predicted octanol–water partition coefficient (Wildman–Crippen LogP) is 4.99. The number of unbranched alkanes of at least 4 members (excludes halogenated alkanes) is 1. The minimum Gasteiger partial charge on any atom is -0.317 e. The van der Waals surface area contributed by atoms with Gasteiger partial charge < -0.3 is 5.32 Å². The molecule has 0 unspecified atom stereocenters. The quantitative estimate of drug-likeness (QED) is 0.593. The first kappa shape index (κ1) is 17.2. The minimum absolute atomic E-state index is 0.434. The molecular weight excluding hydrogens is 242 g/mol. The Kier molecular flexibility index (Phi) is 7.91. The van der Waals surface area contributed by atoms with E-state index < -0.39 is 0 Å². The van der Waals surface area contributed by atoms with Crippen LogP contribution < -0.4 is 5.32 Å². The molecule has 0 atom stereocenters. The van der Waals surface area contributed by atoms with Crippen LogP contribution in [0.4, 0.5) is 0 Å². The van der Waals surface area contributed by atoms with E-state index in [4.69, 9.17) is 0 Å². The smallest absolute Gasteiger partial charge is 0.00439 e. The van der Waals surface area contributed by atoms with Crippen LogP contribution >= 0.6 is 0 Å². The van der Waals surface area contributed by atoms with Crippen LogP contribution in [0, 0.1) is 5.41 Å². The summed E-state index contributed by atoms with van der Waals surface area (Å²) in [5, 5.41) is 3.43. The normalized spacial score (nSPS) is 11.8. The maximum atomic E-state index is 3.43. The lowest BCUT2D eigenvalue weighted by Crippen LogP contribution is -2.22. The zero-order valence-corrected chi connectivity index (χ0v) is 14.0. The van der Waals surface area contributed by atoms with E-state index in [1.54, 1.807) is 0 Å². The molecule has 0 spiro atoms. The van der Waals surface area contributed by atoms with Crippen molar-refractivity contribution >= 4 is 0 Å². The second-order valence-corrected chi connectivity index (χ2v) is 6.69. The highest BCUT2D eigenvalue weighted by molar-refractivity contribution is 5.22. The number of hydrogen-bond acceptors (Lipinski definition) is 1. The van der Waals surface area contributed by atoms with Crippen LogP contribution in [0.2, 0.25) is 0 Å². The van der Waals surface area contributed by atoms with Gasteiger partial charge in [0.25, 0.3) is 0 Å². The van der Waals surface area contributed by atoms with Crippen molar-refractivity contribution in [3.63, 3.8) is 0 Å². The fourth-order valence-corrected chi connectivity index (χ4v) is 2.46. The molecule has 0 aromatic heterocycles. The number of aryl methyl sites for hydroxylation is 2. The summed E-state index contributed by atoms with van der Waals surface area (Å²) < 4.78 is 0. The summed E-state index contributed by atoms with van der Waals surface area (Å²) in [6.07, 6.45) is 7.54. The van der Waals surface area contributed by atoms with Gasteiger partial charge in [0.05, 0.1) is 0 Å². The van der Waals surface area contributed by atoms with E-state index in [1.807, 2.05) is 0 Å². The third kappa shape index (κ3) is 7.09. The van der Waals surface area contributed by atoms with Gasteiger partial charge in [0.2, 0.25) is 0 Å². The fourth-order valence-electron chi connectivity index (χ4n) is 2.46. The molecule has 1 nitrogen and oxygen atoms in total. The Morgan fingerprint density at radius 1 is 0.900 bits per heavy atom. The Labute approximate surface area is 126 Å². The Morgan fingerprint density at radius 3 is 2.05 bits per heavy atom. The number of rotatable bonds is 10.